The van der Waals surface area contributed by atoms with Crippen LogP contribution in [-0.4, -0.2) is 30.5 Å². The van der Waals surface area contributed by atoms with Crippen LogP contribution in [0, 0.1) is 13.8 Å². The summed E-state index contributed by atoms with van der Waals surface area (Å²) in [6.07, 6.45) is 5.04. The number of nitrogens with two attached hydrogens (primary N) is 1. The summed E-state index contributed by atoms with van der Waals surface area (Å²) in [5.41, 5.74) is 10.5. The number of likely N-dealkylation sites (tertiary alicyclic amines) is 1. The van der Waals surface area contributed by atoms with Crippen molar-refractivity contribution in [2.75, 3.05) is 19.6 Å². The molecule has 2 aliphatic rings. The van der Waals surface area contributed by atoms with Gasteiger partial charge in [0.05, 0.1) is 6.54 Å². The quantitative estimate of drug-likeness (QED) is 0.678. The number of rotatable bonds is 3. The average molecular weight is 271 g/mol. The molecule has 1 saturated heterocycles. The lowest BCUT2D eigenvalue weighted by Gasteiger charge is -2.42. The van der Waals surface area contributed by atoms with Crippen LogP contribution in [-0.2, 0) is 5.41 Å². The van der Waals surface area contributed by atoms with E-state index >= 15 is 0 Å². The minimum absolute atomic E-state index is 0.244. The fraction of sp³-hybridized carbons (Fsp3) is 0.588. The molecule has 0 aromatic heterocycles. The van der Waals surface area contributed by atoms with E-state index in [1.54, 1.807) is 0 Å². The molecule has 1 aromatic carbocycles. The zero-order valence-corrected chi connectivity index (χ0v) is 12.7. The smallest absolute Gasteiger partial charge is 0.191 e. The van der Waals surface area contributed by atoms with Crippen molar-refractivity contribution in [3.05, 3.63) is 34.9 Å². The Morgan fingerprint density at radius 2 is 1.95 bits per heavy atom. The molecule has 0 atom stereocenters. The van der Waals surface area contributed by atoms with Crippen molar-refractivity contribution in [1.29, 1.82) is 0 Å². The highest BCUT2D eigenvalue weighted by atomic mass is 15.3. The van der Waals surface area contributed by atoms with Crippen molar-refractivity contribution in [2.45, 2.75) is 44.9 Å². The lowest BCUT2D eigenvalue weighted by atomic mass is 9.64. The van der Waals surface area contributed by atoms with Crippen molar-refractivity contribution in [2.24, 2.45) is 10.7 Å². The van der Waals surface area contributed by atoms with E-state index in [1.165, 1.54) is 42.4 Å². The maximum Gasteiger partial charge on any atom is 0.191 e. The summed E-state index contributed by atoms with van der Waals surface area (Å²) in [5, 5.41) is 0. The van der Waals surface area contributed by atoms with Crippen LogP contribution < -0.4 is 5.73 Å². The first-order valence-corrected chi connectivity index (χ1v) is 7.73. The van der Waals surface area contributed by atoms with Crippen LogP contribution >= 0.6 is 0 Å². The Bertz CT molecular complexity index is 525. The van der Waals surface area contributed by atoms with Gasteiger partial charge in [0, 0.05) is 18.5 Å². The molecule has 1 aliphatic heterocycles. The summed E-state index contributed by atoms with van der Waals surface area (Å²) in [6, 6.07) is 6.88. The topological polar surface area (TPSA) is 41.6 Å². The van der Waals surface area contributed by atoms with E-state index in [-0.39, 0.29) is 5.41 Å². The molecular formula is C17H25N3. The van der Waals surface area contributed by atoms with Crippen molar-refractivity contribution >= 4 is 5.96 Å². The van der Waals surface area contributed by atoms with Crippen LogP contribution in [0.25, 0.3) is 0 Å². The van der Waals surface area contributed by atoms with Crippen LogP contribution in [0.5, 0.6) is 0 Å². The third-order valence-electron chi connectivity index (χ3n) is 5.15. The van der Waals surface area contributed by atoms with Gasteiger partial charge in [-0.1, -0.05) is 24.6 Å². The third-order valence-corrected chi connectivity index (χ3v) is 5.15. The van der Waals surface area contributed by atoms with Gasteiger partial charge in [-0.05, 0) is 49.8 Å². The number of aryl methyl sites for hydroxylation is 2. The molecule has 2 N–H and O–H groups in total. The molecular weight excluding hydrogens is 246 g/mol. The van der Waals surface area contributed by atoms with Crippen molar-refractivity contribution in [3.63, 3.8) is 0 Å². The maximum atomic E-state index is 6.07. The van der Waals surface area contributed by atoms with Gasteiger partial charge in [0.1, 0.15) is 0 Å². The predicted octanol–water partition coefficient (Wildman–Crippen LogP) is 2.75. The van der Waals surface area contributed by atoms with Crippen LogP contribution in [0.4, 0.5) is 0 Å². The fourth-order valence-corrected chi connectivity index (χ4v) is 3.09. The van der Waals surface area contributed by atoms with Crippen LogP contribution in [0.1, 0.15) is 42.4 Å². The van der Waals surface area contributed by atoms with Crippen molar-refractivity contribution < 1.29 is 0 Å². The third kappa shape index (κ3) is 2.30. The number of nitrogens with zero attached hydrogens (tertiary/aromatic N) is 2. The van der Waals surface area contributed by atoms with E-state index in [4.69, 9.17) is 5.73 Å². The zero-order valence-electron chi connectivity index (χ0n) is 12.7. The first kappa shape index (κ1) is 13.5. The van der Waals surface area contributed by atoms with Gasteiger partial charge >= 0.3 is 0 Å². The highest BCUT2D eigenvalue weighted by Gasteiger charge is 2.38. The summed E-state index contributed by atoms with van der Waals surface area (Å²) in [6.45, 7) is 7.37. The summed E-state index contributed by atoms with van der Waals surface area (Å²) in [4.78, 5) is 6.86. The SMILES string of the molecule is Cc1ccc(C2(CN=C(N)N3CCC3)CCC2)cc1C. The standard InChI is InChI=1S/C17H25N3/c1-13-5-6-15(11-14(13)2)17(7-3-8-17)12-19-16(18)20-9-4-10-20/h5-6,11H,3-4,7-10,12H2,1-2H3,(H2,18,19). The van der Waals surface area contributed by atoms with Crippen LogP contribution in [0.15, 0.2) is 23.2 Å². The zero-order chi connectivity index (χ0) is 14.2. The maximum absolute atomic E-state index is 6.07. The van der Waals surface area contributed by atoms with Gasteiger partial charge in [-0.15, -0.1) is 0 Å². The second-order valence-electron chi connectivity index (χ2n) is 6.45. The van der Waals surface area contributed by atoms with Gasteiger partial charge < -0.3 is 10.6 Å². The lowest BCUT2D eigenvalue weighted by molar-refractivity contribution is 0.249. The van der Waals surface area contributed by atoms with E-state index in [2.05, 4.69) is 41.9 Å². The number of hydrogen-bond donors (Lipinski definition) is 1. The van der Waals surface area contributed by atoms with Gasteiger partial charge in [0.15, 0.2) is 5.96 Å². The first-order chi connectivity index (χ1) is 9.61. The molecule has 3 heteroatoms. The Labute approximate surface area is 121 Å². The predicted molar refractivity (Wildman–Crippen MR) is 84.1 cm³/mol. The van der Waals surface area contributed by atoms with E-state index in [0.717, 1.165) is 25.6 Å². The summed E-state index contributed by atoms with van der Waals surface area (Å²) >= 11 is 0. The van der Waals surface area contributed by atoms with Crippen molar-refractivity contribution in [1.82, 2.24) is 4.90 Å². The molecule has 108 valence electrons. The first-order valence-electron chi connectivity index (χ1n) is 7.73. The molecule has 1 aromatic rings. The molecule has 0 radical (unpaired) electrons. The Balaban J connectivity index is 1.78. The molecule has 20 heavy (non-hydrogen) atoms. The molecule has 0 amide bonds. The van der Waals surface area contributed by atoms with Gasteiger partial charge in [0.25, 0.3) is 0 Å². The Morgan fingerprint density at radius 1 is 1.20 bits per heavy atom. The normalized spacial score (nSPS) is 21.3. The highest BCUT2D eigenvalue weighted by Crippen LogP contribution is 2.44. The van der Waals surface area contributed by atoms with Gasteiger partial charge in [-0.25, -0.2) is 0 Å². The van der Waals surface area contributed by atoms with Gasteiger partial charge in [0.2, 0.25) is 0 Å². The van der Waals surface area contributed by atoms with E-state index in [1.807, 2.05) is 0 Å². The Kier molecular flexibility index (Phi) is 3.45. The molecule has 1 heterocycles. The average Bonchev–Trinajstić information content (AvgIpc) is 2.30. The van der Waals surface area contributed by atoms with Gasteiger partial charge in [-0.2, -0.15) is 0 Å². The van der Waals surface area contributed by atoms with E-state index < -0.39 is 0 Å². The minimum Gasteiger partial charge on any atom is -0.370 e. The molecule has 1 aliphatic carbocycles. The number of guanidine groups is 1. The molecule has 3 nitrogen and oxygen atoms in total. The fourth-order valence-electron chi connectivity index (χ4n) is 3.09. The molecule has 3 rings (SSSR count). The van der Waals surface area contributed by atoms with Crippen LogP contribution in [0.3, 0.4) is 0 Å². The van der Waals surface area contributed by atoms with E-state index in [9.17, 15) is 0 Å². The Morgan fingerprint density at radius 3 is 2.45 bits per heavy atom. The summed E-state index contributed by atoms with van der Waals surface area (Å²) < 4.78 is 0. The Hall–Kier alpha value is -1.51. The van der Waals surface area contributed by atoms with Crippen LogP contribution in [0.2, 0.25) is 0 Å². The molecule has 0 spiro atoms. The number of benzene rings is 1. The molecule has 2 fully saturated rings. The summed E-state index contributed by atoms with van der Waals surface area (Å²) in [5.74, 6) is 0.742. The lowest BCUT2D eigenvalue weighted by Crippen LogP contribution is -2.47. The monoisotopic (exact) mass is 271 g/mol. The summed E-state index contributed by atoms with van der Waals surface area (Å²) in [7, 11) is 0. The van der Waals surface area contributed by atoms with Gasteiger partial charge in [-0.3, -0.25) is 4.99 Å². The highest BCUT2D eigenvalue weighted by molar-refractivity contribution is 5.78. The molecule has 1 saturated carbocycles. The second kappa shape index (κ2) is 5.12. The molecule has 0 bridgehead atoms. The van der Waals surface area contributed by atoms with Crippen molar-refractivity contribution in [3.8, 4) is 0 Å². The number of aliphatic imine (C=N–C) groups is 1. The molecule has 0 unspecified atom stereocenters. The van der Waals surface area contributed by atoms with E-state index in [0.29, 0.717) is 0 Å². The largest absolute Gasteiger partial charge is 0.370 e. The second-order valence-corrected chi connectivity index (χ2v) is 6.45. The minimum atomic E-state index is 0.244. The number of hydrogen-bond acceptors (Lipinski definition) is 1.